The molecule has 0 saturated heterocycles. The van der Waals surface area contributed by atoms with Gasteiger partial charge in [0.2, 0.25) is 0 Å². The van der Waals surface area contributed by atoms with Crippen molar-refractivity contribution in [3.05, 3.63) is 234 Å². The van der Waals surface area contributed by atoms with Gasteiger partial charge >= 0.3 is 0 Å². The maximum absolute atomic E-state index is 9.62. The van der Waals surface area contributed by atoms with E-state index in [1.807, 2.05) is 73.1 Å². The average Bonchev–Trinajstić information content (AvgIpc) is 3.35. The molecule has 0 amide bonds. The first-order chi connectivity index (χ1) is 31.3. The lowest BCUT2D eigenvalue weighted by molar-refractivity contribution is 0.931. The number of nitriles is 1. The van der Waals surface area contributed by atoms with Crippen molar-refractivity contribution in [1.82, 2.24) is 15.0 Å². The van der Waals surface area contributed by atoms with Gasteiger partial charge in [0.25, 0.3) is 0 Å². The minimum absolute atomic E-state index is 0.202. The number of benzene rings is 6. The fourth-order valence-corrected chi connectivity index (χ4v) is 7.97. The average molecular weight is 788 g/mol. The van der Waals surface area contributed by atoms with Crippen LogP contribution in [0.2, 0.25) is 0 Å². The monoisotopic (exact) mass is 787 g/mol. The number of aromatic nitrogens is 3. The second-order valence-corrected chi connectivity index (χ2v) is 15.3. The van der Waals surface area contributed by atoms with E-state index in [2.05, 4.69) is 130 Å². The van der Waals surface area contributed by atoms with E-state index < -0.39 is 6.85 Å². The van der Waals surface area contributed by atoms with Crippen molar-refractivity contribution in [3.63, 3.8) is 0 Å². The van der Waals surface area contributed by atoms with Gasteiger partial charge in [-0.25, -0.2) is 0 Å². The summed E-state index contributed by atoms with van der Waals surface area (Å²) in [6, 6.07) is 64.7. The molecular formula is C57H44N4. The second-order valence-electron chi connectivity index (χ2n) is 15.3. The Kier molecular flexibility index (Phi) is 10.4. The highest BCUT2D eigenvalue weighted by Gasteiger charge is 2.16. The molecule has 0 atom stereocenters. The molecule has 9 rings (SSSR count). The number of hydrogen-bond donors (Lipinski definition) is 0. The molecule has 3 heterocycles. The van der Waals surface area contributed by atoms with E-state index in [1.54, 1.807) is 12.1 Å². The molecule has 0 radical (unpaired) electrons. The third-order valence-corrected chi connectivity index (χ3v) is 11.2. The molecule has 0 aliphatic carbocycles. The molecule has 9 aromatic rings. The van der Waals surface area contributed by atoms with Crippen molar-refractivity contribution in [2.24, 2.45) is 0 Å². The van der Waals surface area contributed by atoms with E-state index in [9.17, 15) is 5.26 Å². The number of nitrogens with zero attached hydrogens (tertiary/aromatic N) is 4. The summed E-state index contributed by atoms with van der Waals surface area (Å²) < 4.78 is 23.5. The SMILES string of the molecule is [2H]C([2H])([2H])c1ccc(-c2ccc(-c3ccccc3-c3cc(CCc4ccc(-c5ccccn5)cc4)cc(CCc4ccc(-c5ccccn5)cc4)c3)c(-c3ccc(C#N)cc3)c2)nc1. The van der Waals surface area contributed by atoms with Crippen LogP contribution >= 0.6 is 0 Å². The van der Waals surface area contributed by atoms with E-state index >= 15 is 0 Å². The third kappa shape index (κ3) is 9.13. The van der Waals surface area contributed by atoms with Crippen molar-refractivity contribution in [2.45, 2.75) is 32.5 Å². The van der Waals surface area contributed by atoms with Crippen molar-refractivity contribution in [1.29, 1.82) is 5.26 Å². The van der Waals surface area contributed by atoms with Gasteiger partial charge in [0.05, 0.1) is 28.7 Å². The first kappa shape index (κ1) is 35.2. The molecule has 0 aliphatic rings. The fourth-order valence-electron chi connectivity index (χ4n) is 7.97. The van der Waals surface area contributed by atoms with Crippen LogP contribution in [0.25, 0.3) is 67.2 Å². The Balaban J connectivity index is 1.08. The molecule has 4 nitrogen and oxygen atoms in total. The van der Waals surface area contributed by atoms with Crippen LogP contribution in [0.4, 0.5) is 0 Å². The maximum atomic E-state index is 9.62. The molecule has 0 fully saturated rings. The lowest BCUT2D eigenvalue weighted by atomic mass is 9.86. The molecule has 0 spiro atoms. The number of rotatable bonds is 12. The quantitative estimate of drug-likeness (QED) is 0.124. The van der Waals surface area contributed by atoms with Crippen LogP contribution in [-0.2, 0) is 25.7 Å². The van der Waals surface area contributed by atoms with Crippen LogP contribution in [-0.4, -0.2) is 15.0 Å². The first-order valence-corrected chi connectivity index (χ1v) is 20.6. The molecule has 4 heteroatoms. The van der Waals surface area contributed by atoms with E-state index in [4.69, 9.17) is 4.11 Å². The van der Waals surface area contributed by atoms with E-state index in [0.717, 1.165) is 87.1 Å². The summed E-state index contributed by atoms with van der Waals surface area (Å²) >= 11 is 0. The zero-order valence-electron chi connectivity index (χ0n) is 36.7. The summed E-state index contributed by atoms with van der Waals surface area (Å²) in [6.07, 6.45) is 8.64. The van der Waals surface area contributed by atoms with Gasteiger partial charge < -0.3 is 0 Å². The van der Waals surface area contributed by atoms with Gasteiger partial charge in [-0.3, -0.25) is 15.0 Å². The first-order valence-electron chi connectivity index (χ1n) is 22.1. The summed E-state index contributed by atoms with van der Waals surface area (Å²) in [4.78, 5) is 13.6. The third-order valence-electron chi connectivity index (χ3n) is 11.2. The van der Waals surface area contributed by atoms with Crippen LogP contribution < -0.4 is 0 Å². The second kappa shape index (κ2) is 18.0. The summed E-state index contributed by atoms with van der Waals surface area (Å²) in [6.45, 7) is -2.23. The summed E-state index contributed by atoms with van der Waals surface area (Å²) in [5.41, 5.74) is 17.9. The predicted molar refractivity (Wildman–Crippen MR) is 250 cm³/mol. The lowest BCUT2D eigenvalue weighted by Gasteiger charge is -2.18. The largest absolute Gasteiger partial charge is 0.256 e. The molecule has 0 saturated carbocycles. The Morgan fingerprint density at radius 1 is 0.410 bits per heavy atom. The van der Waals surface area contributed by atoms with Crippen LogP contribution in [0.15, 0.2) is 201 Å². The van der Waals surface area contributed by atoms with E-state index in [-0.39, 0.29) is 5.56 Å². The number of hydrogen-bond acceptors (Lipinski definition) is 4. The van der Waals surface area contributed by atoms with Gasteiger partial charge in [0.15, 0.2) is 0 Å². The highest BCUT2D eigenvalue weighted by Crippen LogP contribution is 2.41. The Morgan fingerprint density at radius 3 is 1.48 bits per heavy atom. The topological polar surface area (TPSA) is 62.5 Å². The van der Waals surface area contributed by atoms with Crippen molar-refractivity contribution >= 4 is 0 Å². The summed E-state index contributed by atoms with van der Waals surface area (Å²) in [5, 5.41) is 9.62. The van der Waals surface area contributed by atoms with Crippen molar-refractivity contribution in [3.8, 4) is 73.2 Å². The summed E-state index contributed by atoms with van der Waals surface area (Å²) in [5.74, 6) is 0. The molecule has 0 unspecified atom stereocenters. The smallest absolute Gasteiger partial charge is 0.0991 e. The van der Waals surface area contributed by atoms with Gasteiger partial charge in [-0.05, 0) is 142 Å². The Hall–Kier alpha value is -7.74. The van der Waals surface area contributed by atoms with Crippen LogP contribution in [0.1, 0.15) is 37.5 Å². The molecule has 0 N–H and O–H groups in total. The Bertz CT molecular complexity index is 2940. The van der Waals surface area contributed by atoms with Gasteiger partial charge in [0, 0.05) is 39.4 Å². The van der Waals surface area contributed by atoms with Crippen LogP contribution in [0, 0.1) is 18.2 Å². The molecular weight excluding hydrogens is 741 g/mol. The number of aryl methyl sites for hydroxylation is 5. The standard InChI is InChI=1S/C57H44N4/c1-40-12-31-57(61-39-40)49-29-30-53(54(37-49)46-23-21-43(38-58)22-24-46)52-9-3-2-8-51(52)50-35-44(15-13-41-17-25-47(26-18-41)55-10-4-6-32-59-55)34-45(36-50)16-14-42-19-27-48(28-20-42)56-11-5-7-33-60-56/h2-12,17-37,39H,13-16H2,1H3/i1D3. The normalized spacial score (nSPS) is 11.9. The highest BCUT2D eigenvalue weighted by atomic mass is 14.7. The van der Waals surface area contributed by atoms with E-state index in [0.29, 0.717) is 11.3 Å². The van der Waals surface area contributed by atoms with Gasteiger partial charge in [0.1, 0.15) is 0 Å². The van der Waals surface area contributed by atoms with Gasteiger partial charge in [-0.2, -0.15) is 5.26 Å². The number of pyridine rings is 3. The van der Waals surface area contributed by atoms with E-state index in [1.165, 1.54) is 28.5 Å². The minimum Gasteiger partial charge on any atom is -0.256 e. The van der Waals surface area contributed by atoms with Crippen molar-refractivity contribution in [2.75, 3.05) is 0 Å². The van der Waals surface area contributed by atoms with Gasteiger partial charge in [-0.1, -0.05) is 133 Å². The van der Waals surface area contributed by atoms with Gasteiger partial charge in [-0.15, -0.1) is 0 Å². The van der Waals surface area contributed by atoms with Crippen LogP contribution in [0.3, 0.4) is 0 Å². The molecule has 0 bridgehead atoms. The molecule has 6 aromatic carbocycles. The predicted octanol–water partition coefficient (Wildman–Crippen LogP) is 13.6. The molecule has 292 valence electrons. The molecule has 61 heavy (non-hydrogen) atoms. The van der Waals surface area contributed by atoms with Crippen molar-refractivity contribution < 1.29 is 4.11 Å². The zero-order chi connectivity index (χ0) is 43.9. The maximum Gasteiger partial charge on any atom is 0.0991 e. The zero-order valence-corrected chi connectivity index (χ0v) is 33.7. The molecule has 3 aromatic heterocycles. The highest BCUT2D eigenvalue weighted by molar-refractivity contribution is 5.93. The fraction of sp³-hybridized carbons (Fsp3) is 0.0877. The molecule has 0 aliphatic heterocycles. The lowest BCUT2D eigenvalue weighted by Crippen LogP contribution is -1.98. The summed E-state index contributed by atoms with van der Waals surface area (Å²) in [7, 11) is 0. The Labute approximate surface area is 362 Å². The minimum atomic E-state index is -2.23. The van der Waals surface area contributed by atoms with Crippen LogP contribution in [0.5, 0.6) is 0 Å². The Morgan fingerprint density at radius 2 is 0.934 bits per heavy atom.